The molecule has 0 saturated carbocycles. The van der Waals surface area contributed by atoms with Gasteiger partial charge in [-0.2, -0.15) is 0 Å². The average molecular weight is 1100 g/mol. The molecule has 438 valence electrons. The molecule has 20 heteroatoms. The van der Waals surface area contributed by atoms with Crippen LogP contribution in [-0.4, -0.2) is 189 Å². The smallest absolute Gasteiger partial charge is 0.332 e. The summed E-state index contributed by atoms with van der Waals surface area (Å²) < 4.78 is 6.08. The third kappa shape index (κ3) is 16.8. The van der Waals surface area contributed by atoms with Gasteiger partial charge in [0.15, 0.2) is 12.1 Å². The lowest BCUT2D eigenvalue weighted by molar-refractivity contribution is -0.177. The first kappa shape index (κ1) is 65.1. The van der Waals surface area contributed by atoms with E-state index in [1.807, 2.05) is 32.0 Å². The van der Waals surface area contributed by atoms with Crippen LogP contribution in [0.15, 0.2) is 60.7 Å². The summed E-state index contributed by atoms with van der Waals surface area (Å²) in [5.41, 5.74) is -0.602. The lowest BCUT2D eigenvalue weighted by atomic mass is 9.94. The van der Waals surface area contributed by atoms with E-state index in [1.165, 1.54) is 61.6 Å². The molecule has 0 radical (unpaired) electrons. The minimum absolute atomic E-state index is 0.0224. The van der Waals surface area contributed by atoms with E-state index in [1.54, 1.807) is 84.0 Å². The summed E-state index contributed by atoms with van der Waals surface area (Å²) >= 11 is 0. The first-order valence-corrected chi connectivity index (χ1v) is 28.0. The molecule has 2 heterocycles. The molecule has 20 nitrogen and oxygen atoms in total. The molecule has 0 unspecified atom stereocenters. The van der Waals surface area contributed by atoms with Crippen molar-refractivity contribution < 1.29 is 58.1 Å². The largest absolute Gasteiger partial charge is 0.450 e. The van der Waals surface area contributed by atoms with Gasteiger partial charge < -0.3 is 55.4 Å². The Balaban J connectivity index is 1.97. The summed E-state index contributed by atoms with van der Waals surface area (Å²) in [7, 11) is 5.56. The standard InChI is InChI=1S/C59H90N8O12/c1-15-38(8)48-57(76)65(13)47(37(6)7)52(71)62-43(33-39-24-18-16-19-25-39)54(73)63(11)45(34-40-26-20-17-21-27-40)56(75)67-30-22-29-44(67)50(69)60-41(28-23-31-68)53(72)64(12)46(36(4)5)51(70)61-42(32-35(2)3)55(74)66(14)49(58(77)79-48)59(9,10)78/h16-21,24-27,35-38,41-49,68,78H,15,22-23,28-34H2,1-14H3,(H,60,69)(H,61,70)(H,62,71)/t38-,41-,42+,43+,44+,45+,46+,47+,48+,49-/m1/s1. The monoisotopic (exact) mass is 1100 g/mol. The molecule has 2 fully saturated rings. The van der Waals surface area contributed by atoms with E-state index in [0.29, 0.717) is 24.0 Å². The summed E-state index contributed by atoms with van der Waals surface area (Å²) in [6, 6.07) is 7.64. The molecule has 2 aromatic rings. The van der Waals surface area contributed by atoms with Crippen molar-refractivity contribution in [1.29, 1.82) is 0 Å². The van der Waals surface area contributed by atoms with E-state index in [9.17, 15) is 43.8 Å². The van der Waals surface area contributed by atoms with Crippen molar-refractivity contribution in [2.75, 3.05) is 41.3 Å². The predicted octanol–water partition coefficient (Wildman–Crippen LogP) is 3.10. The fourth-order valence-electron chi connectivity index (χ4n) is 10.9. The van der Waals surface area contributed by atoms with Crippen LogP contribution < -0.4 is 16.0 Å². The fourth-order valence-corrected chi connectivity index (χ4v) is 10.9. The third-order valence-electron chi connectivity index (χ3n) is 15.3. The summed E-state index contributed by atoms with van der Waals surface area (Å²) in [4.78, 5) is 140. The summed E-state index contributed by atoms with van der Waals surface area (Å²) in [6.07, 6.45) is -0.459. The number of nitrogens with zero attached hydrogens (tertiary/aromatic N) is 5. The number of nitrogens with one attached hydrogen (secondary N) is 3. The quantitative estimate of drug-likeness (QED) is 0.171. The lowest BCUT2D eigenvalue weighted by Crippen LogP contribution is -2.62. The number of aliphatic hydroxyl groups excluding tert-OH is 1. The summed E-state index contributed by atoms with van der Waals surface area (Å²) in [6.45, 7) is 16.4. The van der Waals surface area contributed by atoms with Crippen LogP contribution in [0.25, 0.3) is 0 Å². The predicted molar refractivity (Wildman–Crippen MR) is 298 cm³/mol. The maximum Gasteiger partial charge on any atom is 0.332 e. The molecule has 0 aromatic heterocycles. The minimum Gasteiger partial charge on any atom is -0.450 e. The number of esters is 1. The second-order valence-corrected chi connectivity index (χ2v) is 23.2. The van der Waals surface area contributed by atoms with Crippen molar-refractivity contribution in [2.24, 2.45) is 23.7 Å². The van der Waals surface area contributed by atoms with Gasteiger partial charge in [-0.05, 0) is 81.3 Å². The molecule has 2 aliphatic heterocycles. The van der Waals surface area contributed by atoms with Gasteiger partial charge >= 0.3 is 5.97 Å². The van der Waals surface area contributed by atoms with Crippen molar-refractivity contribution in [3.8, 4) is 0 Å². The number of rotatable bonds is 14. The number of benzene rings is 2. The zero-order valence-corrected chi connectivity index (χ0v) is 49.1. The fraction of sp³-hybridized carbons (Fsp3) is 0.644. The van der Waals surface area contributed by atoms with Crippen molar-refractivity contribution in [3.63, 3.8) is 0 Å². The van der Waals surface area contributed by atoms with Crippen molar-refractivity contribution in [3.05, 3.63) is 71.8 Å². The molecule has 0 spiro atoms. The van der Waals surface area contributed by atoms with E-state index in [-0.39, 0.29) is 57.6 Å². The summed E-state index contributed by atoms with van der Waals surface area (Å²) in [5, 5.41) is 30.2. The molecule has 8 amide bonds. The normalized spacial score (nSPS) is 26.1. The number of carbonyl (C=O) groups excluding carboxylic acids is 9. The van der Waals surface area contributed by atoms with Gasteiger partial charge in [-0.1, -0.05) is 116 Å². The maximum atomic E-state index is 15.2. The van der Waals surface area contributed by atoms with E-state index >= 15 is 9.59 Å². The molecule has 0 bridgehead atoms. The second kappa shape index (κ2) is 29.2. The molecule has 4 rings (SSSR count). The number of fused-ring (bicyclic) bond motifs is 1. The number of ether oxygens (including phenoxy) is 1. The van der Waals surface area contributed by atoms with Crippen molar-refractivity contribution >= 4 is 53.2 Å². The number of amides is 8. The Morgan fingerprint density at radius 3 is 1.59 bits per heavy atom. The van der Waals surface area contributed by atoms with E-state index in [2.05, 4.69) is 16.0 Å². The molecule has 10 atom stereocenters. The average Bonchev–Trinajstić information content (AvgIpc) is 3.90. The first-order valence-electron chi connectivity index (χ1n) is 28.0. The van der Waals surface area contributed by atoms with Gasteiger partial charge in [-0.25, -0.2) is 4.79 Å². The molecule has 0 aliphatic carbocycles. The Kier molecular flexibility index (Phi) is 24.0. The zero-order chi connectivity index (χ0) is 59.2. The van der Waals surface area contributed by atoms with Gasteiger partial charge in [0.25, 0.3) is 5.91 Å². The Labute approximate surface area is 467 Å². The topological polar surface area (TPSA) is 256 Å². The first-order chi connectivity index (χ1) is 37.1. The van der Waals surface area contributed by atoms with Gasteiger partial charge in [0.05, 0.1) is 5.60 Å². The SMILES string of the molecule is CC[C@@H](C)[C@@H]1OC(=O)[C@H](C(C)(C)O)N(C)C(=O)[C@H](CC(C)C)NC(=O)[C@H](C(C)C)N(C)C(=O)[C@@H](CCCO)NC(=O)[C@@H]2CCCN2C(=O)[C@H](Cc2ccccc2)N(C)C(=O)[C@H](Cc2ccccc2)NC(=O)[C@H](C(C)C)N(C)C1=O. The van der Waals surface area contributed by atoms with E-state index in [4.69, 9.17) is 4.74 Å². The van der Waals surface area contributed by atoms with Crippen molar-refractivity contribution in [2.45, 2.75) is 181 Å². The molecule has 2 aromatic carbocycles. The molecule has 5 N–H and O–H groups in total. The Bertz CT molecular complexity index is 2410. The summed E-state index contributed by atoms with van der Waals surface area (Å²) in [5.74, 6) is -8.62. The highest BCUT2D eigenvalue weighted by Crippen LogP contribution is 2.27. The molecule has 79 heavy (non-hydrogen) atoms. The van der Waals surface area contributed by atoms with Crippen LogP contribution in [0.5, 0.6) is 0 Å². The highest BCUT2D eigenvalue weighted by molar-refractivity contribution is 5.99. The van der Waals surface area contributed by atoms with Gasteiger partial charge in [-0.15, -0.1) is 0 Å². The van der Waals surface area contributed by atoms with E-state index < -0.39 is 131 Å². The number of hydrogen-bond donors (Lipinski definition) is 5. The molecular weight excluding hydrogens is 1010 g/mol. The molecular formula is C59H90N8O12. The number of cyclic esters (lactones) is 1. The van der Waals surface area contributed by atoms with Gasteiger partial charge in [0.2, 0.25) is 41.4 Å². The number of hydrogen-bond acceptors (Lipinski definition) is 12. The number of likely N-dealkylation sites (N-methyl/N-ethyl adjacent to an activating group) is 4. The molecule has 2 saturated heterocycles. The van der Waals surface area contributed by atoms with Crippen LogP contribution in [0.3, 0.4) is 0 Å². The Hall–Kier alpha value is -6.41. The van der Waals surface area contributed by atoms with Crippen LogP contribution in [0.2, 0.25) is 0 Å². The van der Waals surface area contributed by atoms with Crippen LogP contribution >= 0.6 is 0 Å². The highest BCUT2D eigenvalue weighted by Gasteiger charge is 2.48. The number of aliphatic hydroxyl groups is 2. The lowest BCUT2D eigenvalue weighted by Gasteiger charge is -2.39. The van der Waals surface area contributed by atoms with E-state index in [0.717, 1.165) is 4.90 Å². The number of carbonyl (C=O) groups is 9. The maximum absolute atomic E-state index is 15.2. The Morgan fingerprint density at radius 2 is 1.10 bits per heavy atom. The van der Waals surface area contributed by atoms with Crippen LogP contribution in [0, 0.1) is 23.7 Å². The van der Waals surface area contributed by atoms with Gasteiger partial charge in [0.1, 0.15) is 42.3 Å². The van der Waals surface area contributed by atoms with Crippen LogP contribution in [-0.2, 0) is 60.7 Å². The third-order valence-corrected chi connectivity index (χ3v) is 15.3. The van der Waals surface area contributed by atoms with Crippen LogP contribution in [0.1, 0.15) is 119 Å². The van der Waals surface area contributed by atoms with Crippen molar-refractivity contribution in [1.82, 2.24) is 40.4 Å². The Morgan fingerprint density at radius 1 is 0.620 bits per heavy atom. The zero-order valence-electron chi connectivity index (χ0n) is 49.1. The van der Waals surface area contributed by atoms with Crippen LogP contribution in [0.4, 0.5) is 0 Å². The highest BCUT2D eigenvalue weighted by atomic mass is 16.6. The second-order valence-electron chi connectivity index (χ2n) is 23.2. The minimum atomic E-state index is -1.99. The van der Waals surface area contributed by atoms with Gasteiger partial charge in [0, 0.05) is 60.1 Å². The van der Waals surface area contributed by atoms with Gasteiger partial charge in [-0.3, -0.25) is 38.4 Å². The molecule has 2 aliphatic rings.